The number of thiophene rings is 1. The molecule has 10 heteroatoms. The maximum atomic E-state index is 13.1. The average Bonchev–Trinajstić information content (AvgIpc) is 3.44. The second-order valence-electron chi connectivity index (χ2n) is 8.27. The molecule has 1 N–H and O–H groups in total. The molecule has 2 aromatic heterocycles. The average molecular weight is 473 g/mol. The molecular formula is C22H24N4O4S2. The van der Waals surface area contributed by atoms with Crippen molar-refractivity contribution in [3.63, 3.8) is 0 Å². The zero-order valence-corrected chi connectivity index (χ0v) is 19.1. The maximum absolute atomic E-state index is 13.1. The summed E-state index contributed by atoms with van der Waals surface area (Å²) in [5.74, 6) is 1.13. The highest BCUT2D eigenvalue weighted by molar-refractivity contribution is 7.91. The van der Waals surface area contributed by atoms with Crippen LogP contribution in [0.3, 0.4) is 0 Å². The van der Waals surface area contributed by atoms with Crippen LogP contribution in [0.1, 0.15) is 43.9 Å². The van der Waals surface area contributed by atoms with Gasteiger partial charge >= 0.3 is 0 Å². The molecule has 8 nitrogen and oxygen atoms in total. The number of aromatic nitrogens is 2. The van der Waals surface area contributed by atoms with Crippen molar-refractivity contribution >= 4 is 33.0 Å². The van der Waals surface area contributed by atoms with Crippen LogP contribution in [0.5, 0.6) is 0 Å². The zero-order valence-electron chi connectivity index (χ0n) is 17.4. The Morgan fingerprint density at radius 1 is 1.12 bits per heavy atom. The van der Waals surface area contributed by atoms with Gasteiger partial charge in [-0.25, -0.2) is 8.42 Å². The number of hydrogen-bond acceptors (Lipinski definition) is 7. The number of anilines is 1. The van der Waals surface area contributed by atoms with Gasteiger partial charge in [0.15, 0.2) is 0 Å². The van der Waals surface area contributed by atoms with Crippen molar-refractivity contribution in [2.24, 2.45) is 5.92 Å². The van der Waals surface area contributed by atoms with E-state index in [4.69, 9.17) is 4.52 Å². The number of hydrogen-bond donors (Lipinski definition) is 1. The first-order valence-corrected chi connectivity index (χ1v) is 13.1. The lowest BCUT2D eigenvalue weighted by Crippen LogP contribution is -2.41. The van der Waals surface area contributed by atoms with Gasteiger partial charge in [0.25, 0.3) is 10.0 Å². The van der Waals surface area contributed by atoms with Crippen LogP contribution in [0.25, 0.3) is 11.4 Å². The van der Waals surface area contributed by atoms with E-state index in [-0.39, 0.29) is 16.0 Å². The molecule has 2 fully saturated rings. The van der Waals surface area contributed by atoms with Gasteiger partial charge in [0, 0.05) is 41.6 Å². The molecule has 0 spiro atoms. The Bertz CT molecular complexity index is 1190. The summed E-state index contributed by atoms with van der Waals surface area (Å²) in [5.41, 5.74) is 1.40. The zero-order chi connectivity index (χ0) is 22.1. The minimum Gasteiger partial charge on any atom is -0.339 e. The molecule has 5 rings (SSSR count). The Labute approximate surface area is 190 Å². The standard InChI is InChI=1S/C22H24N4O4S2/c27-21(23-18-7-2-1-3-8-18)15-9-11-26(12-10-15)32(28,29)19-13-17(14-31-19)20-24-22(30-25-20)16-5-4-6-16/h1-3,7-8,13-16H,4-6,9-12H2,(H,23,27). The molecule has 0 radical (unpaired) electrons. The van der Waals surface area contributed by atoms with Crippen LogP contribution in [0, 0.1) is 5.92 Å². The molecule has 3 heterocycles. The van der Waals surface area contributed by atoms with Crippen molar-refractivity contribution in [2.75, 3.05) is 18.4 Å². The minimum absolute atomic E-state index is 0.0639. The van der Waals surface area contributed by atoms with Gasteiger partial charge in [-0.2, -0.15) is 9.29 Å². The van der Waals surface area contributed by atoms with E-state index in [9.17, 15) is 13.2 Å². The quantitative estimate of drug-likeness (QED) is 0.579. The summed E-state index contributed by atoms with van der Waals surface area (Å²) in [6.45, 7) is 0.632. The molecule has 1 amide bonds. The fraction of sp³-hybridized carbons (Fsp3) is 0.409. The number of benzene rings is 1. The van der Waals surface area contributed by atoms with Crippen molar-refractivity contribution in [1.29, 1.82) is 0 Å². The van der Waals surface area contributed by atoms with E-state index in [1.807, 2.05) is 30.3 Å². The van der Waals surface area contributed by atoms with Crippen LogP contribution < -0.4 is 5.32 Å². The van der Waals surface area contributed by atoms with Gasteiger partial charge < -0.3 is 9.84 Å². The Balaban J connectivity index is 1.22. The highest BCUT2D eigenvalue weighted by Crippen LogP contribution is 2.37. The molecule has 1 aliphatic carbocycles. The molecule has 0 bridgehead atoms. The Kier molecular flexibility index (Phi) is 5.83. The van der Waals surface area contributed by atoms with Crippen LogP contribution >= 0.6 is 11.3 Å². The lowest BCUT2D eigenvalue weighted by Gasteiger charge is -2.30. The second-order valence-corrected chi connectivity index (χ2v) is 11.3. The normalized spacial score (nSPS) is 18.4. The Morgan fingerprint density at radius 2 is 1.88 bits per heavy atom. The summed E-state index contributed by atoms with van der Waals surface area (Å²) >= 11 is 1.16. The van der Waals surface area contributed by atoms with Crippen LogP contribution in [0.15, 0.2) is 50.5 Å². The minimum atomic E-state index is -3.63. The molecule has 0 atom stereocenters. The second kappa shape index (κ2) is 8.76. The van der Waals surface area contributed by atoms with Gasteiger partial charge in [-0.3, -0.25) is 4.79 Å². The number of rotatable bonds is 6. The van der Waals surface area contributed by atoms with E-state index in [2.05, 4.69) is 15.5 Å². The van der Waals surface area contributed by atoms with Gasteiger partial charge in [0.2, 0.25) is 17.6 Å². The molecule has 1 saturated heterocycles. The molecular weight excluding hydrogens is 448 g/mol. The number of piperidine rings is 1. The van der Waals surface area contributed by atoms with Crippen molar-refractivity contribution < 1.29 is 17.7 Å². The van der Waals surface area contributed by atoms with E-state index in [0.29, 0.717) is 49.1 Å². The fourth-order valence-electron chi connectivity index (χ4n) is 3.99. The molecule has 1 aliphatic heterocycles. The SMILES string of the molecule is O=C(Nc1ccccc1)C1CCN(S(=O)(=O)c2cc(-c3noc(C4CCC4)n3)cs2)CC1. The van der Waals surface area contributed by atoms with Gasteiger partial charge in [0.1, 0.15) is 4.21 Å². The van der Waals surface area contributed by atoms with E-state index < -0.39 is 10.0 Å². The lowest BCUT2D eigenvalue weighted by atomic mass is 9.85. The maximum Gasteiger partial charge on any atom is 0.252 e. The molecule has 0 unspecified atom stereocenters. The summed E-state index contributed by atoms with van der Waals surface area (Å²) < 4.78 is 33.4. The lowest BCUT2D eigenvalue weighted by molar-refractivity contribution is -0.120. The van der Waals surface area contributed by atoms with Crippen LogP contribution in [-0.4, -0.2) is 41.9 Å². The summed E-state index contributed by atoms with van der Waals surface area (Å²) in [7, 11) is -3.63. The third-order valence-electron chi connectivity index (χ3n) is 6.19. The van der Waals surface area contributed by atoms with E-state index >= 15 is 0 Å². The van der Waals surface area contributed by atoms with Gasteiger partial charge in [-0.15, -0.1) is 11.3 Å². The van der Waals surface area contributed by atoms with Gasteiger partial charge in [-0.1, -0.05) is 29.8 Å². The summed E-state index contributed by atoms with van der Waals surface area (Å²) in [6, 6.07) is 10.9. The number of nitrogens with zero attached hydrogens (tertiary/aromatic N) is 3. The first kappa shape index (κ1) is 21.3. The first-order chi connectivity index (χ1) is 15.5. The van der Waals surface area contributed by atoms with E-state index in [1.54, 1.807) is 11.4 Å². The number of para-hydroxylation sites is 1. The largest absolute Gasteiger partial charge is 0.339 e. The topological polar surface area (TPSA) is 105 Å². The summed E-state index contributed by atoms with van der Waals surface area (Å²) in [5, 5.41) is 8.69. The number of amides is 1. The smallest absolute Gasteiger partial charge is 0.252 e. The van der Waals surface area contributed by atoms with Gasteiger partial charge in [-0.05, 0) is 43.9 Å². The Hall–Kier alpha value is -2.56. The number of carbonyl (C=O) groups is 1. The first-order valence-electron chi connectivity index (χ1n) is 10.8. The monoisotopic (exact) mass is 472 g/mol. The highest BCUT2D eigenvalue weighted by Gasteiger charge is 2.33. The number of nitrogens with one attached hydrogen (secondary N) is 1. The molecule has 2 aliphatic rings. The summed E-state index contributed by atoms with van der Waals surface area (Å²) in [4.78, 5) is 17.0. The molecule has 3 aromatic rings. The predicted octanol–water partition coefficient (Wildman–Crippen LogP) is 4.11. The van der Waals surface area contributed by atoms with E-state index in [0.717, 1.165) is 29.9 Å². The van der Waals surface area contributed by atoms with Crippen molar-refractivity contribution in [1.82, 2.24) is 14.4 Å². The van der Waals surface area contributed by atoms with Gasteiger partial charge in [0.05, 0.1) is 0 Å². The van der Waals surface area contributed by atoms with Crippen LogP contribution in [0.2, 0.25) is 0 Å². The number of carbonyl (C=O) groups excluding carboxylic acids is 1. The van der Waals surface area contributed by atoms with Crippen LogP contribution in [0.4, 0.5) is 5.69 Å². The fourth-order valence-corrected chi connectivity index (χ4v) is 6.77. The molecule has 168 valence electrons. The van der Waals surface area contributed by atoms with Crippen LogP contribution in [-0.2, 0) is 14.8 Å². The molecule has 1 saturated carbocycles. The number of sulfonamides is 1. The third-order valence-corrected chi connectivity index (χ3v) is 9.50. The molecule has 32 heavy (non-hydrogen) atoms. The molecule has 1 aromatic carbocycles. The van der Waals surface area contributed by atoms with E-state index in [1.165, 1.54) is 10.7 Å². The predicted molar refractivity (Wildman–Crippen MR) is 121 cm³/mol. The van der Waals surface area contributed by atoms with Crippen molar-refractivity contribution in [2.45, 2.75) is 42.2 Å². The summed E-state index contributed by atoms with van der Waals surface area (Å²) in [6.07, 6.45) is 4.28. The van der Waals surface area contributed by atoms with Crippen molar-refractivity contribution in [3.8, 4) is 11.4 Å². The van der Waals surface area contributed by atoms with Crippen molar-refractivity contribution in [3.05, 3.63) is 47.7 Å². The third kappa shape index (κ3) is 4.22. The Morgan fingerprint density at radius 3 is 2.56 bits per heavy atom. The highest BCUT2D eigenvalue weighted by atomic mass is 32.2.